The zero-order valence-corrected chi connectivity index (χ0v) is 10.5. The van der Waals surface area contributed by atoms with Crippen molar-refractivity contribution in [3.63, 3.8) is 0 Å². The van der Waals surface area contributed by atoms with Gasteiger partial charge in [0.15, 0.2) is 0 Å². The molecule has 2 rings (SSSR count). The minimum Gasteiger partial charge on any atom is -0.399 e. The second kappa shape index (κ2) is 6.16. The maximum Gasteiger partial charge on any atom is 0.0314 e. The Morgan fingerprint density at radius 3 is 2.50 bits per heavy atom. The van der Waals surface area contributed by atoms with E-state index >= 15 is 0 Å². The van der Waals surface area contributed by atoms with Gasteiger partial charge in [0.05, 0.1) is 0 Å². The van der Waals surface area contributed by atoms with Gasteiger partial charge in [0.25, 0.3) is 0 Å². The molecule has 88 valence electrons. The SMILES string of the molecule is Nc1ccc(CSCCN2CCCC2)cc1. The zero-order chi connectivity index (χ0) is 11.2. The quantitative estimate of drug-likeness (QED) is 0.629. The van der Waals surface area contributed by atoms with Crippen LogP contribution in [0, 0.1) is 0 Å². The molecule has 0 bridgehead atoms. The number of benzene rings is 1. The van der Waals surface area contributed by atoms with E-state index in [1.165, 1.54) is 43.8 Å². The Balaban J connectivity index is 1.62. The summed E-state index contributed by atoms with van der Waals surface area (Å²) in [6, 6.07) is 8.21. The van der Waals surface area contributed by atoms with Crippen LogP contribution in [-0.2, 0) is 5.75 Å². The predicted molar refractivity (Wildman–Crippen MR) is 72.7 cm³/mol. The normalized spacial score (nSPS) is 16.8. The summed E-state index contributed by atoms with van der Waals surface area (Å²) in [5.74, 6) is 2.35. The number of hydrogen-bond donors (Lipinski definition) is 1. The minimum atomic E-state index is 0.853. The number of hydrogen-bond acceptors (Lipinski definition) is 3. The number of thioether (sulfide) groups is 1. The van der Waals surface area contributed by atoms with Crippen LogP contribution in [0.2, 0.25) is 0 Å². The van der Waals surface area contributed by atoms with Gasteiger partial charge >= 0.3 is 0 Å². The average Bonchev–Trinajstić information content (AvgIpc) is 2.80. The van der Waals surface area contributed by atoms with Crippen LogP contribution in [0.5, 0.6) is 0 Å². The van der Waals surface area contributed by atoms with Crippen molar-refractivity contribution in [3.8, 4) is 0 Å². The van der Waals surface area contributed by atoms with Crippen LogP contribution in [0.4, 0.5) is 5.69 Å². The number of rotatable bonds is 5. The van der Waals surface area contributed by atoms with Gasteiger partial charge in [-0.25, -0.2) is 0 Å². The molecule has 2 N–H and O–H groups in total. The third kappa shape index (κ3) is 3.72. The summed E-state index contributed by atoms with van der Waals surface area (Å²) in [6.45, 7) is 3.87. The molecule has 0 radical (unpaired) electrons. The minimum absolute atomic E-state index is 0.853. The lowest BCUT2D eigenvalue weighted by Gasteiger charge is -2.13. The van der Waals surface area contributed by atoms with Crippen LogP contribution < -0.4 is 5.73 Å². The van der Waals surface area contributed by atoms with Gasteiger partial charge in [-0.1, -0.05) is 12.1 Å². The molecule has 3 heteroatoms. The highest BCUT2D eigenvalue weighted by atomic mass is 32.2. The Bertz CT molecular complexity index is 304. The van der Waals surface area contributed by atoms with Crippen LogP contribution in [-0.4, -0.2) is 30.3 Å². The first kappa shape index (κ1) is 11.8. The summed E-state index contributed by atoms with van der Waals surface area (Å²) in [5, 5.41) is 0. The number of nitrogens with two attached hydrogens (primary N) is 1. The molecule has 1 saturated heterocycles. The topological polar surface area (TPSA) is 29.3 Å². The Morgan fingerprint density at radius 2 is 1.81 bits per heavy atom. The van der Waals surface area contributed by atoms with E-state index < -0.39 is 0 Å². The van der Waals surface area contributed by atoms with E-state index in [1.807, 2.05) is 23.9 Å². The second-order valence-corrected chi connectivity index (χ2v) is 5.45. The number of nitrogens with zero attached hydrogens (tertiary/aromatic N) is 1. The Morgan fingerprint density at radius 1 is 1.12 bits per heavy atom. The van der Waals surface area contributed by atoms with Crippen LogP contribution in [0.25, 0.3) is 0 Å². The molecule has 1 aliphatic heterocycles. The van der Waals surface area contributed by atoms with Gasteiger partial charge < -0.3 is 10.6 Å². The fraction of sp³-hybridized carbons (Fsp3) is 0.538. The summed E-state index contributed by atoms with van der Waals surface area (Å²) in [7, 11) is 0. The zero-order valence-electron chi connectivity index (χ0n) is 9.69. The summed E-state index contributed by atoms with van der Waals surface area (Å²) in [5.41, 5.74) is 7.88. The molecular weight excluding hydrogens is 216 g/mol. The van der Waals surface area contributed by atoms with Gasteiger partial charge in [0.1, 0.15) is 0 Å². The molecule has 1 aromatic rings. The highest BCUT2D eigenvalue weighted by Gasteiger charge is 2.10. The van der Waals surface area contributed by atoms with Crippen molar-refractivity contribution in [1.29, 1.82) is 0 Å². The standard InChI is InChI=1S/C13H20N2S/c14-13-5-3-12(4-6-13)11-16-10-9-15-7-1-2-8-15/h3-6H,1-2,7-11,14H2. The van der Waals surface area contributed by atoms with E-state index in [0.29, 0.717) is 0 Å². The highest BCUT2D eigenvalue weighted by molar-refractivity contribution is 7.98. The van der Waals surface area contributed by atoms with Gasteiger partial charge in [0.2, 0.25) is 0 Å². The molecule has 16 heavy (non-hydrogen) atoms. The maximum absolute atomic E-state index is 5.65. The lowest BCUT2D eigenvalue weighted by Crippen LogP contribution is -2.21. The van der Waals surface area contributed by atoms with Crippen molar-refractivity contribution in [3.05, 3.63) is 29.8 Å². The molecule has 1 aliphatic rings. The van der Waals surface area contributed by atoms with Gasteiger partial charge in [0, 0.05) is 23.7 Å². The summed E-state index contributed by atoms with van der Waals surface area (Å²) < 4.78 is 0. The number of anilines is 1. The van der Waals surface area contributed by atoms with Crippen molar-refractivity contribution in [1.82, 2.24) is 4.90 Å². The number of likely N-dealkylation sites (tertiary alicyclic amines) is 1. The van der Waals surface area contributed by atoms with Crippen LogP contribution in [0.15, 0.2) is 24.3 Å². The fourth-order valence-electron chi connectivity index (χ4n) is 2.00. The monoisotopic (exact) mass is 236 g/mol. The fourth-order valence-corrected chi connectivity index (χ4v) is 2.96. The first-order chi connectivity index (χ1) is 7.84. The van der Waals surface area contributed by atoms with Crippen molar-refractivity contribution in [2.45, 2.75) is 18.6 Å². The Hall–Kier alpha value is -0.670. The van der Waals surface area contributed by atoms with Crippen molar-refractivity contribution < 1.29 is 0 Å². The molecule has 0 aromatic heterocycles. The molecule has 1 fully saturated rings. The molecule has 1 aromatic carbocycles. The van der Waals surface area contributed by atoms with E-state index in [4.69, 9.17) is 5.73 Å². The largest absolute Gasteiger partial charge is 0.399 e. The molecule has 1 heterocycles. The molecule has 0 aliphatic carbocycles. The van der Waals surface area contributed by atoms with Gasteiger partial charge in [-0.15, -0.1) is 0 Å². The summed E-state index contributed by atoms with van der Waals surface area (Å²) >= 11 is 2.02. The van der Waals surface area contributed by atoms with Crippen LogP contribution >= 0.6 is 11.8 Å². The van der Waals surface area contributed by atoms with Crippen molar-refractivity contribution in [2.24, 2.45) is 0 Å². The molecule has 2 nitrogen and oxygen atoms in total. The van der Waals surface area contributed by atoms with Crippen LogP contribution in [0.3, 0.4) is 0 Å². The van der Waals surface area contributed by atoms with Crippen LogP contribution in [0.1, 0.15) is 18.4 Å². The third-order valence-electron chi connectivity index (χ3n) is 3.00. The maximum atomic E-state index is 5.65. The third-order valence-corrected chi connectivity index (χ3v) is 4.01. The van der Waals surface area contributed by atoms with Gasteiger partial charge in [-0.05, 0) is 43.6 Å². The highest BCUT2D eigenvalue weighted by Crippen LogP contribution is 2.15. The van der Waals surface area contributed by atoms with Gasteiger partial charge in [-0.2, -0.15) is 11.8 Å². The second-order valence-electron chi connectivity index (χ2n) is 4.34. The molecule has 0 saturated carbocycles. The van der Waals surface area contributed by atoms with E-state index in [0.717, 1.165) is 11.4 Å². The number of nitrogen functional groups attached to an aromatic ring is 1. The molecule has 0 atom stereocenters. The lowest BCUT2D eigenvalue weighted by atomic mass is 10.2. The predicted octanol–water partition coefficient (Wildman–Crippen LogP) is 2.60. The molecule has 0 unspecified atom stereocenters. The molecule has 0 amide bonds. The van der Waals surface area contributed by atoms with E-state index in [1.54, 1.807) is 0 Å². The van der Waals surface area contributed by atoms with Crippen molar-refractivity contribution in [2.75, 3.05) is 31.1 Å². The van der Waals surface area contributed by atoms with Crippen molar-refractivity contribution >= 4 is 17.4 Å². The summed E-state index contributed by atoms with van der Waals surface area (Å²) in [4.78, 5) is 2.57. The lowest BCUT2D eigenvalue weighted by molar-refractivity contribution is 0.362. The Kier molecular flexibility index (Phi) is 4.55. The molecule has 0 spiro atoms. The Labute approximate surface area is 102 Å². The average molecular weight is 236 g/mol. The van der Waals surface area contributed by atoms with E-state index in [9.17, 15) is 0 Å². The first-order valence-corrected chi connectivity index (χ1v) is 7.14. The smallest absolute Gasteiger partial charge is 0.0314 e. The first-order valence-electron chi connectivity index (χ1n) is 5.99. The summed E-state index contributed by atoms with van der Waals surface area (Å²) in [6.07, 6.45) is 2.78. The van der Waals surface area contributed by atoms with Gasteiger partial charge in [-0.3, -0.25) is 0 Å². The molecular formula is C13H20N2S. The van der Waals surface area contributed by atoms with E-state index in [-0.39, 0.29) is 0 Å². The van der Waals surface area contributed by atoms with E-state index in [2.05, 4.69) is 17.0 Å².